The molecule has 3 rings (SSSR count). The molecule has 1 heterocycles. The number of anilines is 1. The summed E-state index contributed by atoms with van der Waals surface area (Å²) in [5, 5.41) is 20.4. The smallest absolute Gasteiger partial charge is 0.145 e. The first kappa shape index (κ1) is 11.3. The summed E-state index contributed by atoms with van der Waals surface area (Å²) in [6, 6.07) is 12.2. The molecule has 3 aromatic rings. The van der Waals surface area contributed by atoms with Crippen molar-refractivity contribution < 1.29 is 5.21 Å². The summed E-state index contributed by atoms with van der Waals surface area (Å²) in [5.74, 6) is 0. The summed E-state index contributed by atoms with van der Waals surface area (Å²) in [5.41, 5.74) is 4.03. The number of nitroso groups, excluding NO2 is 1. The molecule has 0 atom stereocenters. The van der Waals surface area contributed by atoms with Crippen molar-refractivity contribution in [3.8, 4) is 5.69 Å². The summed E-state index contributed by atoms with van der Waals surface area (Å²) >= 11 is 0. The van der Waals surface area contributed by atoms with Gasteiger partial charge in [-0.15, -0.1) is 15.1 Å². The molecule has 0 spiro atoms. The van der Waals surface area contributed by atoms with Crippen LogP contribution in [0.1, 0.15) is 0 Å². The quantitative estimate of drug-likeness (QED) is 0.554. The second kappa shape index (κ2) is 4.46. The number of hydrogen-bond donors (Lipinski definition) is 2. The van der Waals surface area contributed by atoms with Gasteiger partial charge in [-0.1, -0.05) is 18.2 Å². The van der Waals surface area contributed by atoms with Gasteiger partial charge in [0, 0.05) is 0 Å². The second-order valence-corrected chi connectivity index (χ2v) is 3.86. The van der Waals surface area contributed by atoms with E-state index in [4.69, 9.17) is 5.21 Å². The van der Waals surface area contributed by atoms with Crippen LogP contribution in [0.4, 0.5) is 11.4 Å². The zero-order valence-corrected chi connectivity index (χ0v) is 9.69. The topological polar surface area (TPSA) is 92.4 Å². The number of nitrogens with one attached hydrogen (secondary N) is 1. The van der Waals surface area contributed by atoms with E-state index < -0.39 is 0 Å². The predicted octanol–water partition coefficient (Wildman–Crippen LogP) is 2.62. The molecule has 0 saturated carbocycles. The molecule has 0 radical (unpaired) electrons. The molecule has 0 aliphatic heterocycles. The Labute approximate surface area is 107 Å². The highest BCUT2D eigenvalue weighted by Crippen LogP contribution is 2.29. The minimum atomic E-state index is 0.177. The molecule has 0 amide bonds. The summed E-state index contributed by atoms with van der Waals surface area (Å²) in [7, 11) is 0. The molecule has 2 aromatic carbocycles. The van der Waals surface area contributed by atoms with E-state index in [1.807, 2.05) is 35.8 Å². The van der Waals surface area contributed by atoms with Gasteiger partial charge in [0.1, 0.15) is 16.7 Å². The van der Waals surface area contributed by atoms with Crippen LogP contribution < -0.4 is 5.48 Å². The number of nitrogens with zero attached hydrogens (tertiary/aromatic N) is 4. The minimum Gasteiger partial charge on any atom is -0.291 e. The molecule has 1 aromatic heterocycles. The van der Waals surface area contributed by atoms with Crippen LogP contribution in [0.3, 0.4) is 0 Å². The largest absolute Gasteiger partial charge is 0.291 e. The lowest BCUT2D eigenvalue weighted by Gasteiger charge is -1.98. The number of aromatic nitrogens is 3. The molecule has 0 unspecified atom stereocenters. The Kier molecular flexibility index (Phi) is 2.66. The number of hydrogen-bond acceptors (Lipinski definition) is 6. The number of rotatable bonds is 3. The molecule has 0 aliphatic carbocycles. The van der Waals surface area contributed by atoms with E-state index in [9.17, 15) is 4.91 Å². The van der Waals surface area contributed by atoms with Gasteiger partial charge < -0.3 is 0 Å². The van der Waals surface area contributed by atoms with Crippen LogP contribution >= 0.6 is 0 Å². The van der Waals surface area contributed by atoms with Crippen molar-refractivity contribution in [3.63, 3.8) is 0 Å². The Balaban J connectivity index is 2.27. The van der Waals surface area contributed by atoms with Crippen LogP contribution in [0.15, 0.2) is 47.6 Å². The van der Waals surface area contributed by atoms with Crippen LogP contribution in [-0.2, 0) is 0 Å². The lowest BCUT2D eigenvalue weighted by Crippen LogP contribution is -1.97. The van der Waals surface area contributed by atoms with Crippen LogP contribution in [0.5, 0.6) is 0 Å². The van der Waals surface area contributed by atoms with Gasteiger partial charge in [0.15, 0.2) is 0 Å². The van der Waals surface area contributed by atoms with Gasteiger partial charge in [-0.05, 0) is 29.4 Å². The highest BCUT2D eigenvalue weighted by Gasteiger charge is 2.13. The van der Waals surface area contributed by atoms with Gasteiger partial charge >= 0.3 is 0 Å². The summed E-state index contributed by atoms with van der Waals surface area (Å²) < 4.78 is 0. The number of para-hydroxylation sites is 1. The van der Waals surface area contributed by atoms with E-state index in [2.05, 4.69) is 15.4 Å². The molecule has 19 heavy (non-hydrogen) atoms. The Morgan fingerprint density at radius 2 is 1.79 bits per heavy atom. The van der Waals surface area contributed by atoms with Crippen LogP contribution in [0, 0.1) is 4.91 Å². The van der Waals surface area contributed by atoms with E-state index in [1.165, 1.54) is 16.9 Å². The third-order valence-corrected chi connectivity index (χ3v) is 2.73. The van der Waals surface area contributed by atoms with Crippen molar-refractivity contribution in [2.45, 2.75) is 0 Å². The van der Waals surface area contributed by atoms with Crippen LogP contribution in [-0.4, -0.2) is 20.2 Å². The Bertz CT molecular complexity index is 738. The average molecular weight is 255 g/mol. The summed E-state index contributed by atoms with van der Waals surface area (Å²) in [6.07, 6.45) is 0. The normalized spacial score (nSPS) is 10.6. The van der Waals surface area contributed by atoms with Crippen molar-refractivity contribution in [1.29, 1.82) is 0 Å². The number of fused-ring (bicyclic) bond motifs is 1. The van der Waals surface area contributed by atoms with Crippen molar-refractivity contribution in [2.24, 2.45) is 5.18 Å². The van der Waals surface area contributed by atoms with Crippen molar-refractivity contribution in [2.75, 3.05) is 5.48 Å². The van der Waals surface area contributed by atoms with E-state index >= 15 is 0 Å². The molecule has 94 valence electrons. The molecule has 0 aliphatic rings. The molecule has 7 heteroatoms. The first-order chi connectivity index (χ1) is 9.33. The Morgan fingerprint density at radius 3 is 2.47 bits per heavy atom. The van der Waals surface area contributed by atoms with Gasteiger partial charge in [0.2, 0.25) is 0 Å². The van der Waals surface area contributed by atoms with Gasteiger partial charge in [0.25, 0.3) is 0 Å². The van der Waals surface area contributed by atoms with E-state index in [0.29, 0.717) is 16.7 Å². The third-order valence-electron chi connectivity index (χ3n) is 2.73. The van der Waals surface area contributed by atoms with E-state index in [-0.39, 0.29) is 5.69 Å². The molecule has 0 bridgehead atoms. The third kappa shape index (κ3) is 1.81. The highest BCUT2D eigenvalue weighted by molar-refractivity contribution is 5.94. The SMILES string of the molecule is O=Nc1ccc(NO)c2nn(-c3ccccc3)nc12. The maximum Gasteiger partial charge on any atom is 0.145 e. The van der Waals surface area contributed by atoms with Gasteiger partial charge in [-0.3, -0.25) is 10.7 Å². The second-order valence-electron chi connectivity index (χ2n) is 3.86. The molecule has 7 nitrogen and oxygen atoms in total. The van der Waals surface area contributed by atoms with Crippen molar-refractivity contribution >= 4 is 22.4 Å². The fraction of sp³-hybridized carbons (Fsp3) is 0. The lowest BCUT2D eigenvalue weighted by molar-refractivity contribution is 0.389. The highest BCUT2D eigenvalue weighted by atomic mass is 16.5. The first-order valence-corrected chi connectivity index (χ1v) is 5.52. The maximum absolute atomic E-state index is 10.8. The minimum absolute atomic E-state index is 0.177. The Hall–Kier alpha value is -2.80. The fourth-order valence-electron chi connectivity index (χ4n) is 1.82. The van der Waals surface area contributed by atoms with E-state index in [1.54, 1.807) is 0 Å². The zero-order chi connectivity index (χ0) is 13.2. The van der Waals surface area contributed by atoms with Crippen molar-refractivity contribution in [3.05, 3.63) is 47.4 Å². The summed E-state index contributed by atoms with van der Waals surface area (Å²) in [4.78, 5) is 12.1. The van der Waals surface area contributed by atoms with Gasteiger partial charge in [-0.2, -0.15) is 4.80 Å². The predicted molar refractivity (Wildman–Crippen MR) is 69.7 cm³/mol. The van der Waals surface area contributed by atoms with E-state index in [0.717, 1.165) is 5.69 Å². The number of benzene rings is 2. The molecular formula is C12H9N5O2. The first-order valence-electron chi connectivity index (χ1n) is 5.52. The lowest BCUT2D eigenvalue weighted by atomic mass is 10.2. The maximum atomic E-state index is 10.8. The summed E-state index contributed by atoms with van der Waals surface area (Å²) in [6.45, 7) is 0. The van der Waals surface area contributed by atoms with Crippen LogP contribution in [0.2, 0.25) is 0 Å². The Morgan fingerprint density at radius 1 is 1.05 bits per heavy atom. The fourth-order valence-corrected chi connectivity index (χ4v) is 1.82. The van der Waals surface area contributed by atoms with Gasteiger partial charge in [-0.25, -0.2) is 0 Å². The van der Waals surface area contributed by atoms with Crippen molar-refractivity contribution in [1.82, 2.24) is 15.0 Å². The van der Waals surface area contributed by atoms with Gasteiger partial charge in [0.05, 0.1) is 11.4 Å². The molecule has 0 fully saturated rings. The molecular weight excluding hydrogens is 246 g/mol. The zero-order valence-electron chi connectivity index (χ0n) is 9.69. The monoisotopic (exact) mass is 255 g/mol. The average Bonchev–Trinajstić information content (AvgIpc) is 2.92. The van der Waals surface area contributed by atoms with Crippen LogP contribution in [0.25, 0.3) is 16.7 Å². The molecule has 0 saturated heterocycles. The molecule has 2 N–H and O–H groups in total. The standard InChI is InChI=1S/C12H9N5O2/c18-15-9-6-7-10(16-19)12-11(9)13-17(14-12)8-4-2-1-3-5-8/h1-7,15,18H.